The summed E-state index contributed by atoms with van der Waals surface area (Å²) >= 11 is 1.33. The Morgan fingerprint density at radius 2 is 1.78 bits per heavy atom. The lowest BCUT2D eigenvalue weighted by atomic mass is 10.1. The van der Waals surface area contributed by atoms with E-state index in [1.54, 1.807) is 48.5 Å². The molecule has 0 atom stereocenters. The van der Waals surface area contributed by atoms with Crippen molar-refractivity contribution in [2.45, 2.75) is 6.92 Å². The van der Waals surface area contributed by atoms with Crippen molar-refractivity contribution in [1.82, 2.24) is 19.2 Å². The molecule has 1 aliphatic heterocycles. The predicted octanol–water partition coefficient (Wildman–Crippen LogP) is 3.40. The molecule has 192 valence electrons. The van der Waals surface area contributed by atoms with Crippen molar-refractivity contribution in [1.29, 1.82) is 5.41 Å². The summed E-state index contributed by atoms with van der Waals surface area (Å²) in [4.78, 5) is 23.9. The number of nitrogens with zero attached hydrogens (tertiary/aromatic N) is 4. The van der Waals surface area contributed by atoms with E-state index in [9.17, 15) is 13.2 Å². The number of carbonyl (C=O) groups is 1. The number of carbonyl (C=O) groups excluding carboxylic acids is 1. The van der Waals surface area contributed by atoms with E-state index < -0.39 is 10.0 Å². The SMILES string of the molecule is Cc1nc(-c2ccncc2)sc1C(=O)N1CCN(S(=O)(=O)/C=C/c2cccc(C(=N)N)c2)CC1.Cl.Cl. The second-order valence-corrected chi connectivity index (χ2v) is 10.6. The van der Waals surface area contributed by atoms with Gasteiger partial charge in [-0.15, -0.1) is 36.2 Å². The van der Waals surface area contributed by atoms with Crippen LogP contribution in [0, 0.1) is 12.3 Å². The number of nitrogens with two attached hydrogens (primary N) is 1. The number of amides is 1. The van der Waals surface area contributed by atoms with Crippen molar-refractivity contribution < 1.29 is 13.2 Å². The van der Waals surface area contributed by atoms with Crippen LogP contribution in [0.5, 0.6) is 0 Å². The Balaban J connectivity index is 0.00000228. The number of nitrogen functional groups attached to an aromatic ring is 1. The zero-order valence-electron chi connectivity index (χ0n) is 19.3. The predicted molar refractivity (Wildman–Crippen MR) is 147 cm³/mol. The molecular weight excluding hydrogens is 543 g/mol. The molecule has 4 rings (SSSR count). The summed E-state index contributed by atoms with van der Waals surface area (Å²) in [5, 5.41) is 9.41. The van der Waals surface area contributed by atoms with Gasteiger partial charge < -0.3 is 10.6 Å². The summed E-state index contributed by atoms with van der Waals surface area (Å²) in [5.74, 6) is -0.216. The van der Waals surface area contributed by atoms with E-state index in [-0.39, 0.29) is 49.6 Å². The molecule has 0 radical (unpaired) electrons. The number of pyridine rings is 1. The number of halogens is 2. The van der Waals surface area contributed by atoms with Gasteiger partial charge in [0.1, 0.15) is 15.7 Å². The highest BCUT2D eigenvalue weighted by Gasteiger charge is 2.29. The highest BCUT2D eigenvalue weighted by molar-refractivity contribution is 7.92. The van der Waals surface area contributed by atoms with Crippen molar-refractivity contribution in [3.05, 3.63) is 75.9 Å². The number of aryl methyl sites for hydroxylation is 1. The van der Waals surface area contributed by atoms with E-state index in [4.69, 9.17) is 11.1 Å². The summed E-state index contributed by atoms with van der Waals surface area (Å²) in [6, 6.07) is 10.5. The Labute approximate surface area is 226 Å². The smallest absolute Gasteiger partial charge is 0.265 e. The number of rotatable bonds is 6. The van der Waals surface area contributed by atoms with Gasteiger partial charge in [-0.1, -0.05) is 18.2 Å². The van der Waals surface area contributed by atoms with Crippen LogP contribution in [0.2, 0.25) is 0 Å². The van der Waals surface area contributed by atoms with Crippen LogP contribution < -0.4 is 5.73 Å². The number of amidine groups is 1. The average Bonchev–Trinajstić information content (AvgIpc) is 3.24. The molecule has 9 nitrogen and oxygen atoms in total. The van der Waals surface area contributed by atoms with E-state index in [2.05, 4.69) is 9.97 Å². The molecule has 0 spiro atoms. The van der Waals surface area contributed by atoms with Gasteiger partial charge in [0.15, 0.2) is 0 Å². The highest BCUT2D eigenvalue weighted by atomic mass is 35.5. The third-order valence-electron chi connectivity index (χ3n) is 5.43. The minimum atomic E-state index is -3.65. The second-order valence-electron chi connectivity index (χ2n) is 7.75. The van der Waals surface area contributed by atoms with Gasteiger partial charge in [-0.3, -0.25) is 15.2 Å². The van der Waals surface area contributed by atoms with Gasteiger partial charge >= 0.3 is 0 Å². The molecule has 1 aliphatic rings. The lowest BCUT2D eigenvalue weighted by molar-refractivity contribution is 0.0702. The van der Waals surface area contributed by atoms with Crippen LogP contribution in [0.4, 0.5) is 0 Å². The maximum absolute atomic E-state index is 13.1. The first-order chi connectivity index (χ1) is 16.2. The number of piperazine rings is 1. The monoisotopic (exact) mass is 568 g/mol. The third kappa shape index (κ3) is 6.68. The maximum atomic E-state index is 13.1. The van der Waals surface area contributed by atoms with Crippen LogP contribution in [-0.2, 0) is 10.0 Å². The molecule has 1 saturated heterocycles. The molecule has 13 heteroatoms. The molecule has 1 aromatic carbocycles. The Hall–Kier alpha value is -2.83. The van der Waals surface area contributed by atoms with Crippen molar-refractivity contribution in [3.63, 3.8) is 0 Å². The second kappa shape index (κ2) is 12.4. The number of benzene rings is 1. The molecule has 0 aliphatic carbocycles. The molecule has 3 aromatic rings. The normalized spacial score (nSPS) is 14.2. The zero-order chi connectivity index (χ0) is 24.3. The fourth-order valence-electron chi connectivity index (χ4n) is 3.56. The molecule has 36 heavy (non-hydrogen) atoms. The quantitative estimate of drug-likeness (QED) is 0.345. The van der Waals surface area contributed by atoms with Gasteiger partial charge in [-0.05, 0) is 36.8 Å². The Kier molecular flexibility index (Phi) is 10.1. The van der Waals surface area contributed by atoms with Crippen molar-refractivity contribution in [2.24, 2.45) is 5.73 Å². The summed E-state index contributed by atoms with van der Waals surface area (Å²) in [5.41, 5.74) is 8.22. The van der Waals surface area contributed by atoms with E-state index in [0.717, 1.165) is 16.0 Å². The Bertz CT molecular complexity index is 1360. The highest BCUT2D eigenvalue weighted by Crippen LogP contribution is 2.28. The average molecular weight is 570 g/mol. The first-order valence-corrected chi connectivity index (χ1v) is 12.9. The van der Waals surface area contributed by atoms with Gasteiger partial charge in [-0.2, -0.15) is 4.31 Å². The molecule has 0 unspecified atom stereocenters. The van der Waals surface area contributed by atoms with Crippen LogP contribution in [0.3, 0.4) is 0 Å². The third-order valence-corrected chi connectivity index (χ3v) is 8.19. The lowest BCUT2D eigenvalue weighted by Crippen LogP contribution is -2.50. The molecule has 0 bridgehead atoms. The van der Waals surface area contributed by atoms with Crippen LogP contribution in [-0.4, -0.2) is 65.5 Å². The molecule has 3 heterocycles. The van der Waals surface area contributed by atoms with E-state index >= 15 is 0 Å². The topological polar surface area (TPSA) is 133 Å². The molecule has 2 aromatic heterocycles. The van der Waals surface area contributed by atoms with Crippen molar-refractivity contribution in [2.75, 3.05) is 26.2 Å². The standard InChI is InChI=1S/C23H24N6O3S2.2ClH/c1-16-20(33-22(27-16)18-5-8-26-9-6-18)23(30)28-10-12-29(13-11-28)34(31,32)14-7-17-3-2-4-19(15-17)21(24)25;;/h2-9,14-15H,10-13H2,1H3,(H3,24,25);2*1H/b14-7+;;. The zero-order valence-corrected chi connectivity index (χ0v) is 22.6. The number of hydrogen-bond acceptors (Lipinski definition) is 7. The summed E-state index contributed by atoms with van der Waals surface area (Å²) in [6.45, 7) is 2.82. The first kappa shape index (κ1) is 29.4. The Morgan fingerprint density at radius 1 is 1.11 bits per heavy atom. The number of aromatic nitrogens is 2. The minimum Gasteiger partial charge on any atom is -0.384 e. The summed E-state index contributed by atoms with van der Waals surface area (Å²) in [7, 11) is -3.65. The lowest BCUT2D eigenvalue weighted by Gasteiger charge is -2.33. The van der Waals surface area contributed by atoms with Gasteiger partial charge in [0.25, 0.3) is 5.91 Å². The van der Waals surface area contributed by atoms with Crippen LogP contribution in [0.15, 0.2) is 54.2 Å². The van der Waals surface area contributed by atoms with Crippen LogP contribution in [0.25, 0.3) is 16.6 Å². The van der Waals surface area contributed by atoms with Gasteiger partial charge in [0, 0.05) is 55.1 Å². The van der Waals surface area contributed by atoms with E-state index in [0.29, 0.717) is 34.8 Å². The van der Waals surface area contributed by atoms with Crippen LogP contribution >= 0.6 is 36.2 Å². The number of hydrogen-bond donors (Lipinski definition) is 2. The molecule has 1 fully saturated rings. The van der Waals surface area contributed by atoms with Crippen molar-refractivity contribution >= 4 is 64.0 Å². The Morgan fingerprint density at radius 3 is 2.42 bits per heavy atom. The minimum absolute atomic E-state index is 0. The first-order valence-electron chi connectivity index (χ1n) is 10.5. The summed E-state index contributed by atoms with van der Waals surface area (Å²) < 4.78 is 27.0. The number of thiazole rings is 1. The molecular formula is C23H26Cl2N6O3S2. The largest absolute Gasteiger partial charge is 0.384 e. The molecule has 3 N–H and O–H groups in total. The fourth-order valence-corrected chi connectivity index (χ4v) is 5.78. The van der Waals surface area contributed by atoms with E-state index in [1.807, 2.05) is 12.1 Å². The number of nitrogens with one attached hydrogen (secondary N) is 1. The number of sulfonamides is 1. The maximum Gasteiger partial charge on any atom is 0.265 e. The van der Waals surface area contributed by atoms with Crippen LogP contribution in [0.1, 0.15) is 26.5 Å². The van der Waals surface area contributed by atoms with E-state index in [1.165, 1.54) is 21.7 Å². The molecule has 1 amide bonds. The fraction of sp³-hybridized carbons (Fsp3) is 0.217. The van der Waals surface area contributed by atoms with Gasteiger partial charge in [-0.25, -0.2) is 13.4 Å². The summed E-state index contributed by atoms with van der Waals surface area (Å²) in [6.07, 6.45) is 4.85. The van der Waals surface area contributed by atoms with Crippen molar-refractivity contribution in [3.8, 4) is 10.6 Å². The van der Waals surface area contributed by atoms with Gasteiger partial charge in [0.2, 0.25) is 10.0 Å². The van der Waals surface area contributed by atoms with Gasteiger partial charge in [0.05, 0.1) is 5.69 Å². The molecule has 0 saturated carbocycles.